The maximum Gasteiger partial charge on any atom is 0.0644 e. The molecule has 1 fully saturated rings. The van der Waals surface area contributed by atoms with E-state index in [0.717, 1.165) is 25.9 Å². The van der Waals surface area contributed by atoms with Crippen LogP contribution in [0.2, 0.25) is 0 Å². The van der Waals surface area contributed by atoms with Gasteiger partial charge in [0.15, 0.2) is 0 Å². The third-order valence-corrected chi connectivity index (χ3v) is 3.78. The Labute approximate surface area is 109 Å². The summed E-state index contributed by atoms with van der Waals surface area (Å²) < 4.78 is 0. The van der Waals surface area contributed by atoms with E-state index in [9.17, 15) is 5.11 Å². The Kier molecular flexibility index (Phi) is 4.00. The number of nitriles is 1. The van der Waals surface area contributed by atoms with Crippen LogP contribution < -0.4 is 0 Å². The van der Waals surface area contributed by atoms with Crippen LogP contribution in [0.1, 0.15) is 37.8 Å². The first kappa shape index (κ1) is 13.1. The summed E-state index contributed by atoms with van der Waals surface area (Å²) in [6.07, 6.45) is 2.07. The Morgan fingerprint density at radius 3 is 2.50 bits per heavy atom. The summed E-state index contributed by atoms with van der Waals surface area (Å²) in [5, 5.41) is 19.0. The molecule has 0 amide bonds. The molecule has 1 saturated heterocycles. The first-order chi connectivity index (χ1) is 8.62. The van der Waals surface area contributed by atoms with Crippen molar-refractivity contribution in [3.05, 3.63) is 35.9 Å². The van der Waals surface area contributed by atoms with Crippen molar-refractivity contribution in [1.82, 2.24) is 4.90 Å². The summed E-state index contributed by atoms with van der Waals surface area (Å²) in [4.78, 5) is 2.32. The second-order valence-corrected chi connectivity index (χ2v) is 5.32. The van der Waals surface area contributed by atoms with Gasteiger partial charge < -0.3 is 5.11 Å². The predicted octanol–water partition coefficient (Wildman–Crippen LogP) is 2.49. The molecule has 1 aromatic rings. The van der Waals surface area contributed by atoms with Crippen molar-refractivity contribution in [3.63, 3.8) is 0 Å². The van der Waals surface area contributed by atoms with Gasteiger partial charge in [0.25, 0.3) is 0 Å². The Morgan fingerprint density at radius 1 is 1.33 bits per heavy atom. The fourth-order valence-corrected chi connectivity index (χ4v) is 2.54. The van der Waals surface area contributed by atoms with Crippen LogP contribution in [0.3, 0.4) is 0 Å². The molecule has 18 heavy (non-hydrogen) atoms. The molecule has 1 N–H and O–H groups in total. The molecule has 3 nitrogen and oxygen atoms in total. The maximum absolute atomic E-state index is 9.98. The molecule has 1 aromatic carbocycles. The molecule has 0 bridgehead atoms. The lowest BCUT2D eigenvalue weighted by Gasteiger charge is -2.39. The second-order valence-electron chi connectivity index (χ2n) is 5.32. The van der Waals surface area contributed by atoms with E-state index in [1.807, 2.05) is 25.1 Å². The molecule has 1 heterocycles. The smallest absolute Gasteiger partial charge is 0.0644 e. The Morgan fingerprint density at radius 2 is 1.94 bits per heavy atom. The normalized spacial score (nSPS) is 21.2. The zero-order valence-electron chi connectivity index (χ0n) is 10.8. The van der Waals surface area contributed by atoms with E-state index in [2.05, 4.69) is 23.1 Å². The van der Waals surface area contributed by atoms with Gasteiger partial charge in [-0.2, -0.15) is 5.26 Å². The van der Waals surface area contributed by atoms with Gasteiger partial charge in [0.2, 0.25) is 0 Å². The van der Waals surface area contributed by atoms with E-state index >= 15 is 0 Å². The Hall–Kier alpha value is -1.37. The van der Waals surface area contributed by atoms with Crippen molar-refractivity contribution >= 4 is 0 Å². The zero-order chi connectivity index (χ0) is 13.0. The third-order valence-electron chi connectivity index (χ3n) is 3.78. The standard InChI is InChI=1S/C15H20N2O/c1-15(18)8-11-17(12-9-15)14(7-10-16)13-5-3-2-4-6-13/h2-6,14,18H,7-9,11-12H2,1H3. The van der Waals surface area contributed by atoms with Crippen LogP contribution in [-0.4, -0.2) is 28.7 Å². The highest BCUT2D eigenvalue weighted by Gasteiger charge is 2.31. The quantitative estimate of drug-likeness (QED) is 0.888. The van der Waals surface area contributed by atoms with E-state index < -0.39 is 5.60 Å². The first-order valence-corrected chi connectivity index (χ1v) is 6.51. The van der Waals surface area contributed by atoms with E-state index in [1.165, 1.54) is 5.56 Å². The lowest BCUT2D eigenvalue weighted by molar-refractivity contribution is -0.0165. The minimum atomic E-state index is -0.537. The molecule has 1 aliphatic heterocycles. The highest BCUT2D eigenvalue weighted by atomic mass is 16.3. The predicted molar refractivity (Wildman–Crippen MR) is 70.8 cm³/mol. The maximum atomic E-state index is 9.98. The molecule has 96 valence electrons. The molecule has 2 rings (SSSR count). The molecular formula is C15H20N2O. The van der Waals surface area contributed by atoms with Crippen LogP contribution in [-0.2, 0) is 0 Å². The second kappa shape index (κ2) is 5.51. The number of nitrogens with zero attached hydrogens (tertiary/aromatic N) is 2. The fraction of sp³-hybridized carbons (Fsp3) is 0.533. The van der Waals surface area contributed by atoms with Crippen molar-refractivity contribution in [3.8, 4) is 6.07 Å². The SMILES string of the molecule is CC1(O)CCN(C(CC#N)c2ccccc2)CC1. The lowest BCUT2D eigenvalue weighted by atomic mass is 9.91. The summed E-state index contributed by atoms with van der Waals surface area (Å²) in [5.41, 5.74) is 0.658. The van der Waals surface area contributed by atoms with Gasteiger partial charge in [-0.05, 0) is 25.3 Å². The molecule has 0 spiro atoms. The number of piperidine rings is 1. The van der Waals surface area contributed by atoms with Crippen LogP contribution in [0.4, 0.5) is 0 Å². The number of hydrogen-bond acceptors (Lipinski definition) is 3. The van der Waals surface area contributed by atoms with Gasteiger partial charge in [-0.3, -0.25) is 4.90 Å². The summed E-state index contributed by atoms with van der Waals surface area (Å²) in [7, 11) is 0. The molecule has 0 aromatic heterocycles. The molecule has 0 saturated carbocycles. The van der Waals surface area contributed by atoms with E-state index in [4.69, 9.17) is 5.26 Å². The third kappa shape index (κ3) is 3.10. The average Bonchev–Trinajstić information content (AvgIpc) is 2.38. The van der Waals surface area contributed by atoms with Crippen molar-refractivity contribution in [2.75, 3.05) is 13.1 Å². The number of benzene rings is 1. The van der Waals surface area contributed by atoms with E-state index in [-0.39, 0.29) is 6.04 Å². The van der Waals surface area contributed by atoms with Gasteiger partial charge in [-0.1, -0.05) is 30.3 Å². The topological polar surface area (TPSA) is 47.3 Å². The van der Waals surface area contributed by atoms with Crippen molar-refractivity contribution in [1.29, 1.82) is 5.26 Å². The molecule has 0 aliphatic carbocycles. The van der Waals surface area contributed by atoms with E-state index in [0.29, 0.717) is 6.42 Å². The highest BCUT2D eigenvalue weighted by Crippen LogP contribution is 2.30. The van der Waals surface area contributed by atoms with Crippen molar-refractivity contribution in [2.45, 2.75) is 37.8 Å². The van der Waals surface area contributed by atoms with Crippen LogP contribution in [0.5, 0.6) is 0 Å². The number of hydrogen-bond donors (Lipinski definition) is 1. The molecule has 1 unspecified atom stereocenters. The molecule has 3 heteroatoms. The number of rotatable bonds is 3. The summed E-state index contributed by atoms with van der Waals surface area (Å²) >= 11 is 0. The number of aliphatic hydroxyl groups is 1. The van der Waals surface area contributed by atoms with Crippen LogP contribution in [0.25, 0.3) is 0 Å². The van der Waals surface area contributed by atoms with Gasteiger partial charge in [0.1, 0.15) is 0 Å². The summed E-state index contributed by atoms with van der Waals surface area (Å²) in [6.45, 7) is 3.61. The van der Waals surface area contributed by atoms with Crippen molar-refractivity contribution < 1.29 is 5.11 Å². The first-order valence-electron chi connectivity index (χ1n) is 6.51. The minimum Gasteiger partial charge on any atom is -0.390 e. The summed E-state index contributed by atoms with van der Waals surface area (Å²) in [6, 6.07) is 12.6. The van der Waals surface area contributed by atoms with Gasteiger partial charge in [-0.25, -0.2) is 0 Å². The summed E-state index contributed by atoms with van der Waals surface area (Å²) in [5.74, 6) is 0. The molecule has 0 radical (unpaired) electrons. The van der Waals surface area contributed by atoms with Crippen LogP contribution in [0.15, 0.2) is 30.3 Å². The Bertz CT molecular complexity index is 412. The van der Waals surface area contributed by atoms with E-state index in [1.54, 1.807) is 0 Å². The monoisotopic (exact) mass is 244 g/mol. The fourth-order valence-electron chi connectivity index (χ4n) is 2.54. The van der Waals surface area contributed by atoms with Gasteiger partial charge >= 0.3 is 0 Å². The number of likely N-dealkylation sites (tertiary alicyclic amines) is 1. The van der Waals surface area contributed by atoms with Gasteiger partial charge in [-0.15, -0.1) is 0 Å². The van der Waals surface area contributed by atoms with Crippen molar-refractivity contribution in [2.24, 2.45) is 0 Å². The van der Waals surface area contributed by atoms with Gasteiger partial charge in [0, 0.05) is 19.1 Å². The van der Waals surface area contributed by atoms with Crippen LogP contribution in [0, 0.1) is 11.3 Å². The van der Waals surface area contributed by atoms with Crippen LogP contribution >= 0.6 is 0 Å². The Balaban J connectivity index is 2.10. The minimum absolute atomic E-state index is 0.160. The highest BCUT2D eigenvalue weighted by molar-refractivity contribution is 5.20. The molecule has 1 atom stereocenters. The largest absolute Gasteiger partial charge is 0.390 e. The average molecular weight is 244 g/mol. The zero-order valence-corrected chi connectivity index (χ0v) is 10.8. The molecule has 1 aliphatic rings. The molecular weight excluding hydrogens is 224 g/mol. The van der Waals surface area contributed by atoms with Gasteiger partial charge in [0.05, 0.1) is 18.1 Å². The lowest BCUT2D eigenvalue weighted by Crippen LogP contribution is -2.43.